The summed E-state index contributed by atoms with van der Waals surface area (Å²) in [5, 5.41) is 20.0. The zero-order chi connectivity index (χ0) is 32.2. The molecule has 0 aliphatic carbocycles. The van der Waals surface area contributed by atoms with Gasteiger partial charge in [-0.15, -0.1) is 0 Å². The number of hydrazone groups is 1. The maximum Gasteiger partial charge on any atom is 0.271 e. The highest BCUT2D eigenvalue weighted by molar-refractivity contribution is 7.22. The number of carbonyl (C=O) groups excluding carboxylic acids is 2. The van der Waals surface area contributed by atoms with Gasteiger partial charge in [-0.2, -0.15) is 5.10 Å². The molecule has 0 saturated carbocycles. The summed E-state index contributed by atoms with van der Waals surface area (Å²) in [5.74, 6) is 1.27. The molecule has 1 aliphatic heterocycles. The van der Waals surface area contributed by atoms with Gasteiger partial charge in [0.2, 0.25) is 11.7 Å². The van der Waals surface area contributed by atoms with Gasteiger partial charge in [0.15, 0.2) is 34.7 Å². The molecule has 234 valence electrons. The SMILES string of the molecule is COc1ccc(C2CC(c3cc(OC)c(OC)c(OC)c3)=NN2C(C)=O)cc1OCC(=O)Nc1nc2cc([N+](=O)[O-])ccc2s1. The molecular formula is C30H29N5O9S. The minimum atomic E-state index is -0.506. The number of anilines is 1. The molecule has 5 rings (SSSR count). The number of aromatic nitrogens is 1. The summed E-state index contributed by atoms with van der Waals surface area (Å²) in [6.45, 7) is 1.06. The number of methoxy groups -OCH3 is 4. The number of nitro groups is 1. The molecule has 3 aromatic carbocycles. The number of benzene rings is 3. The number of fused-ring (bicyclic) bond motifs is 1. The molecule has 4 aromatic rings. The van der Waals surface area contributed by atoms with Gasteiger partial charge in [0.25, 0.3) is 11.6 Å². The maximum absolute atomic E-state index is 12.8. The Labute approximate surface area is 261 Å². The average molecular weight is 636 g/mol. The normalized spacial score (nSPS) is 14.1. The van der Waals surface area contributed by atoms with Crippen LogP contribution in [0.2, 0.25) is 0 Å². The van der Waals surface area contributed by atoms with Gasteiger partial charge < -0.3 is 23.7 Å². The van der Waals surface area contributed by atoms with Crippen LogP contribution >= 0.6 is 11.3 Å². The number of thiazole rings is 1. The van der Waals surface area contributed by atoms with E-state index in [1.807, 2.05) is 0 Å². The number of rotatable bonds is 11. The molecule has 0 bridgehead atoms. The van der Waals surface area contributed by atoms with Gasteiger partial charge in [0.05, 0.1) is 55.3 Å². The first-order valence-electron chi connectivity index (χ1n) is 13.5. The average Bonchev–Trinajstić information content (AvgIpc) is 3.67. The van der Waals surface area contributed by atoms with Crippen LogP contribution in [0.1, 0.15) is 30.5 Å². The summed E-state index contributed by atoms with van der Waals surface area (Å²) in [6, 6.07) is 12.6. The quantitative estimate of drug-likeness (QED) is 0.176. The first-order valence-corrected chi connectivity index (χ1v) is 14.3. The molecule has 1 N–H and O–H groups in total. The molecule has 0 saturated heterocycles. The Bertz CT molecular complexity index is 1800. The maximum atomic E-state index is 12.8. The molecule has 2 heterocycles. The van der Waals surface area contributed by atoms with Gasteiger partial charge in [-0.3, -0.25) is 25.0 Å². The van der Waals surface area contributed by atoms with Crippen LogP contribution in [-0.2, 0) is 9.59 Å². The predicted molar refractivity (Wildman–Crippen MR) is 166 cm³/mol. The van der Waals surface area contributed by atoms with Crippen LogP contribution in [0.4, 0.5) is 10.8 Å². The van der Waals surface area contributed by atoms with E-state index in [4.69, 9.17) is 23.7 Å². The van der Waals surface area contributed by atoms with E-state index in [-0.39, 0.29) is 29.1 Å². The third-order valence-electron chi connectivity index (χ3n) is 6.99. The van der Waals surface area contributed by atoms with Gasteiger partial charge in [0, 0.05) is 31.0 Å². The molecule has 1 aliphatic rings. The zero-order valence-electron chi connectivity index (χ0n) is 25.0. The van der Waals surface area contributed by atoms with Gasteiger partial charge >= 0.3 is 0 Å². The van der Waals surface area contributed by atoms with E-state index in [2.05, 4.69) is 15.4 Å². The van der Waals surface area contributed by atoms with Crippen molar-refractivity contribution in [3.63, 3.8) is 0 Å². The molecule has 1 aromatic heterocycles. The highest BCUT2D eigenvalue weighted by atomic mass is 32.1. The van der Waals surface area contributed by atoms with Crippen molar-refractivity contribution in [2.24, 2.45) is 5.10 Å². The van der Waals surface area contributed by atoms with Crippen LogP contribution in [0.5, 0.6) is 28.7 Å². The summed E-state index contributed by atoms with van der Waals surface area (Å²) < 4.78 is 28.4. The number of carbonyl (C=O) groups is 2. The molecule has 1 atom stereocenters. The van der Waals surface area contributed by atoms with Crippen molar-refractivity contribution < 1.29 is 38.2 Å². The van der Waals surface area contributed by atoms with Crippen molar-refractivity contribution in [3.8, 4) is 28.7 Å². The second kappa shape index (κ2) is 13.1. The lowest BCUT2D eigenvalue weighted by Gasteiger charge is -2.21. The van der Waals surface area contributed by atoms with E-state index in [1.165, 1.54) is 63.8 Å². The Morgan fingerprint density at radius 2 is 1.69 bits per heavy atom. The van der Waals surface area contributed by atoms with Crippen LogP contribution in [0.3, 0.4) is 0 Å². The van der Waals surface area contributed by atoms with E-state index in [9.17, 15) is 19.7 Å². The smallest absolute Gasteiger partial charge is 0.271 e. The molecule has 0 radical (unpaired) electrons. The summed E-state index contributed by atoms with van der Waals surface area (Å²) in [4.78, 5) is 40.2. The minimum Gasteiger partial charge on any atom is -0.493 e. The fourth-order valence-electron chi connectivity index (χ4n) is 4.88. The Balaban J connectivity index is 1.34. The summed E-state index contributed by atoms with van der Waals surface area (Å²) >= 11 is 1.18. The van der Waals surface area contributed by atoms with Crippen molar-refractivity contribution >= 4 is 49.9 Å². The number of non-ortho nitro benzene ring substituents is 1. The summed E-state index contributed by atoms with van der Waals surface area (Å²) in [7, 11) is 6.04. The van der Waals surface area contributed by atoms with E-state index < -0.39 is 16.9 Å². The molecule has 0 fully saturated rings. The molecular weight excluding hydrogens is 606 g/mol. The van der Waals surface area contributed by atoms with E-state index in [0.29, 0.717) is 56.5 Å². The highest BCUT2D eigenvalue weighted by Crippen LogP contribution is 2.42. The number of nitrogens with one attached hydrogen (secondary N) is 1. The Kier molecular flexibility index (Phi) is 8.99. The highest BCUT2D eigenvalue weighted by Gasteiger charge is 2.33. The standard InChI is InChI=1S/C30H29N5O9S/c1-16(36)34-22(14-20(33-34)18-11-25(41-3)29(43-5)26(12-18)42-4)17-6-8-23(40-2)24(10-17)44-15-28(37)32-30-31-21-13-19(35(38)39)7-9-27(21)45-30/h6-13,22H,14-15H2,1-5H3,(H,31,32,37). The fourth-order valence-corrected chi connectivity index (χ4v) is 5.74. The molecule has 15 heteroatoms. The van der Waals surface area contributed by atoms with Crippen molar-refractivity contribution in [1.29, 1.82) is 0 Å². The number of hydrogen-bond donors (Lipinski definition) is 1. The molecule has 2 amide bonds. The van der Waals surface area contributed by atoms with Crippen LogP contribution in [0.25, 0.3) is 10.2 Å². The van der Waals surface area contributed by atoms with E-state index in [1.54, 1.807) is 36.4 Å². The molecule has 45 heavy (non-hydrogen) atoms. The number of hydrogen-bond acceptors (Lipinski definition) is 12. The number of amides is 2. The van der Waals surface area contributed by atoms with Gasteiger partial charge in [-0.05, 0) is 35.9 Å². The van der Waals surface area contributed by atoms with Crippen LogP contribution in [-0.4, -0.2) is 67.5 Å². The van der Waals surface area contributed by atoms with Gasteiger partial charge in [-0.1, -0.05) is 17.4 Å². The number of nitrogens with zero attached hydrogens (tertiary/aromatic N) is 4. The summed E-state index contributed by atoms with van der Waals surface area (Å²) in [5.41, 5.74) is 2.35. The topological polar surface area (TPSA) is 164 Å². The first-order chi connectivity index (χ1) is 21.6. The van der Waals surface area contributed by atoms with Gasteiger partial charge in [-0.25, -0.2) is 9.99 Å². The van der Waals surface area contributed by atoms with Crippen molar-refractivity contribution in [3.05, 3.63) is 69.8 Å². The summed E-state index contributed by atoms with van der Waals surface area (Å²) in [6.07, 6.45) is 0.375. The largest absolute Gasteiger partial charge is 0.493 e. The number of ether oxygens (including phenoxy) is 5. The zero-order valence-corrected chi connectivity index (χ0v) is 25.8. The Morgan fingerprint density at radius 1 is 0.978 bits per heavy atom. The number of nitro benzene ring substituents is 1. The second-order valence-electron chi connectivity index (χ2n) is 9.72. The van der Waals surface area contributed by atoms with Crippen LogP contribution in [0, 0.1) is 10.1 Å². The van der Waals surface area contributed by atoms with Crippen LogP contribution in [0.15, 0.2) is 53.6 Å². The lowest BCUT2D eigenvalue weighted by Crippen LogP contribution is -2.24. The molecule has 0 spiro atoms. The first kappa shape index (κ1) is 31.0. The second-order valence-corrected chi connectivity index (χ2v) is 10.8. The third kappa shape index (κ3) is 6.43. The lowest BCUT2D eigenvalue weighted by atomic mass is 9.97. The van der Waals surface area contributed by atoms with Crippen molar-refractivity contribution in [2.45, 2.75) is 19.4 Å². The molecule has 1 unspecified atom stereocenters. The van der Waals surface area contributed by atoms with E-state index >= 15 is 0 Å². The van der Waals surface area contributed by atoms with Crippen molar-refractivity contribution in [2.75, 3.05) is 40.4 Å². The lowest BCUT2D eigenvalue weighted by molar-refractivity contribution is -0.384. The van der Waals surface area contributed by atoms with Crippen LogP contribution < -0.4 is 29.0 Å². The Hall–Kier alpha value is -5.44. The Morgan fingerprint density at radius 3 is 2.31 bits per heavy atom. The van der Waals surface area contributed by atoms with E-state index in [0.717, 1.165) is 0 Å². The van der Waals surface area contributed by atoms with Crippen molar-refractivity contribution in [1.82, 2.24) is 9.99 Å². The predicted octanol–water partition coefficient (Wildman–Crippen LogP) is 4.95. The monoisotopic (exact) mass is 635 g/mol. The molecule has 14 nitrogen and oxygen atoms in total. The third-order valence-corrected chi connectivity index (χ3v) is 7.94. The fraction of sp³-hybridized carbons (Fsp3) is 0.267. The van der Waals surface area contributed by atoms with Gasteiger partial charge in [0.1, 0.15) is 0 Å². The minimum absolute atomic E-state index is 0.0902.